The van der Waals surface area contributed by atoms with Crippen LogP contribution in [0, 0.1) is 0 Å². The van der Waals surface area contributed by atoms with Gasteiger partial charge in [0, 0.05) is 5.56 Å². The smallest absolute Gasteiger partial charge is 0.126 e. The van der Waals surface area contributed by atoms with Gasteiger partial charge in [-0.3, -0.25) is 0 Å². The van der Waals surface area contributed by atoms with Gasteiger partial charge in [-0.15, -0.1) is 0 Å². The zero-order chi connectivity index (χ0) is 12.3. The molecule has 0 saturated carbocycles. The van der Waals surface area contributed by atoms with Gasteiger partial charge in [-0.1, -0.05) is 27.7 Å². The molecule has 0 unspecified atom stereocenters. The van der Waals surface area contributed by atoms with Crippen LogP contribution >= 0.6 is 0 Å². The normalized spacial score (nSPS) is 11.4. The third kappa shape index (κ3) is 2.49. The van der Waals surface area contributed by atoms with E-state index in [1.165, 1.54) is 5.56 Å². The highest BCUT2D eigenvalue weighted by Gasteiger charge is 2.24. The fourth-order valence-corrected chi connectivity index (χ4v) is 1.91. The number of aryl methyl sites for hydroxylation is 1. The van der Waals surface area contributed by atoms with Crippen molar-refractivity contribution in [3.63, 3.8) is 0 Å². The van der Waals surface area contributed by atoms with Gasteiger partial charge >= 0.3 is 0 Å². The van der Waals surface area contributed by atoms with Crippen LogP contribution in [0.1, 0.15) is 38.8 Å². The van der Waals surface area contributed by atoms with Gasteiger partial charge in [-0.2, -0.15) is 0 Å². The Morgan fingerprint density at radius 3 is 1.69 bits per heavy atom. The van der Waals surface area contributed by atoms with Crippen LogP contribution < -0.4 is 9.47 Å². The first kappa shape index (κ1) is 12.9. The van der Waals surface area contributed by atoms with Crippen LogP contribution in [0.25, 0.3) is 0 Å². The van der Waals surface area contributed by atoms with Crippen LogP contribution in [0.2, 0.25) is 0 Å². The molecule has 2 nitrogen and oxygen atoms in total. The minimum atomic E-state index is 0.0168. The Balaban J connectivity index is 3.44. The summed E-state index contributed by atoms with van der Waals surface area (Å²) in [6.07, 6.45) is 0.983. The Morgan fingerprint density at radius 2 is 1.44 bits per heavy atom. The molecule has 0 aliphatic carbocycles. The molecule has 0 aliphatic heterocycles. The summed E-state index contributed by atoms with van der Waals surface area (Å²) in [6.45, 7) is 8.63. The predicted molar refractivity (Wildman–Crippen MR) is 67.6 cm³/mol. The first-order valence-electron chi connectivity index (χ1n) is 5.69. The van der Waals surface area contributed by atoms with E-state index < -0.39 is 0 Å². The summed E-state index contributed by atoms with van der Waals surface area (Å²) in [5.74, 6) is 1.84. The summed E-state index contributed by atoms with van der Waals surface area (Å²) in [7, 11) is 3.42. The van der Waals surface area contributed by atoms with E-state index in [4.69, 9.17) is 9.47 Å². The Hall–Kier alpha value is -1.18. The van der Waals surface area contributed by atoms with Gasteiger partial charge in [-0.25, -0.2) is 0 Å². The van der Waals surface area contributed by atoms with Crippen LogP contribution in [-0.2, 0) is 11.8 Å². The standard InChI is InChI=1S/C14H22O2/c1-7-10-8-11(15-5)13(14(2,3)4)12(9-10)16-6/h8-9H,7H2,1-6H3. The second kappa shape index (κ2) is 4.77. The summed E-state index contributed by atoms with van der Waals surface area (Å²) in [4.78, 5) is 0. The number of hydrogen-bond acceptors (Lipinski definition) is 2. The van der Waals surface area contributed by atoms with Gasteiger partial charge in [0.1, 0.15) is 11.5 Å². The monoisotopic (exact) mass is 222 g/mol. The summed E-state index contributed by atoms with van der Waals surface area (Å²) in [5.41, 5.74) is 2.39. The molecule has 1 rings (SSSR count). The summed E-state index contributed by atoms with van der Waals surface area (Å²) >= 11 is 0. The van der Waals surface area contributed by atoms with Crippen molar-refractivity contribution in [2.75, 3.05) is 14.2 Å². The molecule has 0 radical (unpaired) electrons. The van der Waals surface area contributed by atoms with Crippen molar-refractivity contribution in [2.45, 2.75) is 39.5 Å². The predicted octanol–water partition coefficient (Wildman–Crippen LogP) is 3.56. The van der Waals surface area contributed by atoms with Crippen LogP contribution in [0.3, 0.4) is 0 Å². The minimum absolute atomic E-state index is 0.0168. The van der Waals surface area contributed by atoms with Gasteiger partial charge in [0.2, 0.25) is 0 Å². The van der Waals surface area contributed by atoms with Crippen molar-refractivity contribution in [3.05, 3.63) is 23.3 Å². The van der Waals surface area contributed by atoms with Crippen molar-refractivity contribution in [3.8, 4) is 11.5 Å². The fraction of sp³-hybridized carbons (Fsp3) is 0.571. The molecule has 0 N–H and O–H groups in total. The molecule has 0 heterocycles. The molecule has 0 aliphatic rings. The lowest BCUT2D eigenvalue weighted by Crippen LogP contribution is -2.15. The lowest BCUT2D eigenvalue weighted by atomic mass is 9.84. The van der Waals surface area contributed by atoms with E-state index in [2.05, 4.69) is 39.8 Å². The topological polar surface area (TPSA) is 18.5 Å². The van der Waals surface area contributed by atoms with Crippen molar-refractivity contribution >= 4 is 0 Å². The van der Waals surface area contributed by atoms with Gasteiger partial charge in [-0.05, 0) is 29.5 Å². The summed E-state index contributed by atoms with van der Waals surface area (Å²) < 4.78 is 11.0. The first-order valence-corrected chi connectivity index (χ1v) is 5.69. The van der Waals surface area contributed by atoms with Gasteiger partial charge < -0.3 is 9.47 Å². The van der Waals surface area contributed by atoms with E-state index in [-0.39, 0.29) is 5.41 Å². The molecule has 1 aromatic rings. The highest BCUT2D eigenvalue weighted by molar-refractivity contribution is 5.51. The van der Waals surface area contributed by atoms with Crippen LogP contribution in [0.15, 0.2) is 12.1 Å². The van der Waals surface area contributed by atoms with E-state index >= 15 is 0 Å². The van der Waals surface area contributed by atoms with E-state index in [1.54, 1.807) is 14.2 Å². The highest BCUT2D eigenvalue weighted by atomic mass is 16.5. The molecular formula is C14H22O2. The lowest BCUT2D eigenvalue weighted by Gasteiger charge is -2.25. The number of ether oxygens (including phenoxy) is 2. The molecule has 0 fully saturated rings. The maximum Gasteiger partial charge on any atom is 0.126 e. The van der Waals surface area contributed by atoms with E-state index in [0.717, 1.165) is 23.5 Å². The van der Waals surface area contributed by atoms with Crippen molar-refractivity contribution < 1.29 is 9.47 Å². The quantitative estimate of drug-likeness (QED) is 0.778. The molecule has 0 amide bonds. The van der Waals surface area contributed by atoms with Crippen LogP contribution in [0.4, 0.5) is 0 Å². The Kier molecular flexibility index (Phi) is 3.84. The molecule has 0 saturated heterocycles. The molecule has 90 valence electrons. The highest BCUT2D eigenvalue weighted by Crippen LogP contribution is 2.39. The van der Waals surface area contributed by atoms with Crippen molar-refractivity contribution in [2.24, 2.45) is 0 Å². The average Bonchev–Trinajstić information content (AvgIpc) is 2.25. The molecular weight excluding hydrogens is 200 g/mol. The van der Waals surface area contributed by atoms with Crippen molar-refractivity contribution in [1.29, 1.82) is 0 Å². The second-order valence-electron chi connectivity index (χ2n) is 4.98. The molecule has 1 aromatic carbocycles. The maximum absolute atomic E-state index is 5.48. The second-order valence-corrected chi connectivity index (χ2v) is 4.98. The third-order valence-corrected chi connectivity index (χ3v) is 2.72. The third-order valence-electron chi connectivity index (χ3n) is 2.72. The molecule has 2 heteroatoms. The fourth-order valence-electron chi connectivity index (χ4n) is 1.91. The zero-order valence-electron chi connectivity index (χ0n) is 11.2. The number of rotatable bonds is 3. The Labute approximate surface area is 98.6 Å². The Morgan fingerprint density at radius 1 is 1.00 bits per heavy atom. The maximum atomic E-state index is 5.48. The summed E-state index contributed by atoms with van der Waals surface area (Å²) in [5, 5.41) is 0. The number of hydrogen-bond donors (Lipinski definition) is 0. The molecule has 0 atom stereocenters. The molecule has 0 spiro atoms. The molecule has 16 heavy (non-hydrogen) atoms. The Bertz CT molecular complexity index is 336. The molecule has 0 aromatic heterocycles. The first-order chi connectivity index (χ1) is 7.43. The van der Waals surface area contributed by atoms with E-state index in [0.29, 0.717) is 0 Å². The minimum Gasteiger partial charge on any atom is -0.496 e. The van der Waals surface area contributed by atoms with Crippen LogP contribution in [-0.4, -0.2) is 14.2 Å². The van der Waals surface area contributed by atoms with Crippen molar-refractivity contribution in [1.82, 2.24) is 0 Å². The summed E-state index contributed by atoms with van der Waals surface area (Å²) in [6, 6.07) is 4.20. The SMILES string of the molecule is CCc1cc(OC)c(C(C)(C)C)c(OC)c1. The molecule has 0 bridgehead atoms. The van der Waals surface area contributed by atoms with Gasteiger partial charge in [0.15, 0.2) is 0 Å². The average molecular weight is 222 g/mol. The largest absolute Gasteiger partial charge is 0.496 e. The number of benzene rings is 1. The van der Waals surface area contributed by atoms with Crippen LogP contribution in [0.5, 0.6) is 11.5 Å². The van der Waals surface area contributed by atoms with Gasteiger partial charge in [0.25, 0.3) is 0 Å². The van der Waals surface area contributed by atoms with Gasteiger partial charge in [0.05, 0.1) is 14.2 Å². The zero-order valence-corrected chi connectivity index (χ0v) is 11.2. The van der Waals surface area contributed by atoms with E-state index in [9.17, 15) is 0 Å². The number of methoxy groups -OCH3 is 2. The van der Waals surface area contributed by atoms with E-state index in [1.807, 2.05) is 0 Å². The lowest BCUT2D eigenvalue weighted by molar-refractivity contribution is 0.367.